The second-order valence-corrected chi connectivity index (χ2v) is 17.5. The van der Waals surface area contributed by atoms with Gasteiger partial charge in [-0.3, -0.25) is 4.90 Å². The van der Waals surface area contributed by atoms with Crippen molar-refractivity contribution in [2.45, 2.75) is 141 Å². The Labute approximate surface area is 253 Å². The van der Waals surface area contributed by atoms with Gasteiger partial charge < -0.3 is 29.2 Å². The second-order valence-electron chi connectivity index (χ2n) is 17.5. The first-order chi connectivity index (χ1) is 19.9. The summed E-state index contributed by atoms with van der Waals surface area (Å²) in [7, 11) is 0. The number of aliphatic hydroxyl groups excluding tert-OH is 1. The minimum absolute atomic E-state index is 0.113. The van der Waals surface area contributed by atoms with Crippen molar-refractivity contribution >= 4 is 0 Å². The topological polar surface area (TPSA) is 80.6 Å². The van der Waals surface area contributed by atoms with E-state index in [4.69, 9.17) is 18.9 Å². The highest BCUT2D eigenvalue weighted by Gasteiger charge is 2.80. The third kappa shape index (κ3) is 4.02. The number of morpholine rings is 1. The van der Waals surface area contributed by atoms with Crippen molar-refractivity contribution < 1.29 is 29.2 Å². The first kappa shape index (κ1) is 29.1. The summed E-state index contributed by atoms with van der Waals surface area (Å²) in [6.07, 6.45) is 11.8. The maximum Gasteiger partial charge on any atom is 0.170 e. The van der Waals surface area contributed by atoms with Crippen LogP contribution in [0.1, 0.15) is 98.8 Å². The van der Waals surface area contributed by atoms with E-state index in [0.29, 0.717) is 28.2 Å². The molecule has 3 aliphatic heterocycles. The summed E-state index contributed by atoms with van der Waals surface area (Å²) in [5, 5.41) is 21.3. The molecule has 3 heterocycles. The van der Waals surface area contributed by atoms with E-state index in [2.05, 4.69) is 25.7 Å². The van der Waals surface area contributed by atoms with Crippen molar-refractivity contribution in [3.05, 3.63) is 0 Å². The molecule has 8 rings (SSSR count). The molecule has 2 spiro atoms. The molecule has 42 heavy (non-hydrogen) atoms. The summed E-state index contributed by atoms with van der Waals surface area (Å²) in [5.74, 6) is 2.87. The molecule has 2 N–H and O–H groups in total. The van der Waals surface area contributed by atoms with Crippen LogP contribution in [0.5, 0.6) is 0 Å². The number of hydrogen-bond donors (Lipinski definition) is 2. The zero-order valence-corrected chi connectivity index (χ0v) is 26.9. The fraction of sp³-hybridized carbons (Fsp3) is 1.00. The highest BCUT2D eigenvalue weighted by atomic mass is 16.7. The van der Waals surface area contributed by atoms with E-state index in [1.165, 1.54) is 38.5 Å². The van der Waals surface area contributed by atoms with Gasteiger partial charge in [0.2, 0.25) is 0 Å². The van der Waals surface area contributed by atoms with E-state index in [-0.39, 0.29) is 30.0 Å². The Morgan fingerprint density at radius 1 is 0.929 bits per heavy atom. The van der Waals surface area contributed by atoms with Crippen molar-refractivity contribution in [1.82, 2.24) is 4.90 Å². The van der Waals surface area contributed by atoms with E-state index < -0.39 is 11.7 Å². The van der Waals surface area contributed by atoms with Crippen molar-refractivity contribution in [2.75, 3.05) is 32.9 Å². The number of hydrogen-bond acceptors (Lipinski definition) is 7. The predicted molar refractivity (Wildman–Crippen MR) is 159 cm³/mol. The van der Waals surface area contributed by atoms with E-state index in [9.17, 15) is 10.2 Å². The number of ether oxygens (including phenoxy) is 4. The molecule has 0 aromatic heterocycles. The van der Waals surface area contributed by atoms with Crippen LogP contribution >= 0.6 is 0 Å². The number of aliphatic hydroxyl groups is 2. The van der Waals surface area contributed by atoms with E-state index in [1.54, 1.807) is 13.8 Å². The molecule has 0 radical (unpaired) electrons. The average molecular weight is 588 g/mol. The molecule has 238 valence electrons. The molecule has 5 aliphatic carbocycles. The van der Waals surface area contributed by atoms with Crippen LogP contribution in [0.4, 0.5) is 0 Å². The molecular weight excluding hydrogens is 530 g/mol. The molecule has 5 saturated carbocycles. The molecule has 10 unspecified atom stereocenters. The lowest BCUT2D eigenvalue weighted by atomic mass is 9.46. The minimum atomic E-state index is -1.13. The Hall–Kier alpha value is -0.280. The maximum absolute atomic E-state index is 10.8. The monoisotopic (exact) mass is 587 g/mol. The van der Waals surface area contributed by atoms with Gasteiger partial charge in [0.15, 0.2) is 6.29 Å². The Bertz CT molecular complexity index is 1060. The summed E-state index contributed by atoms with van der Waals surface area (Å²) in [6.45, 7) is 15.4. The number of rotatable bonds is 5. The summed E-state index contributed by atoms with van der Waals surface area (Å²) in [4.78, 5) is 2.52. The molecule has 8 aliphatic rings. The smallest absolute Gasteiger partial charge is 0.170 e. The van der Waals surface area contributed by atoms with Crippen LogP contribution in [-0.4, -0.2) is 90.4 Å². The van der Waals surface area contributed by atoms with Crippen LogP contribution < -0.4 is 0 Å². The first-order valence-electron chi connectivity index (χ1n) is 17.5. The van der Waals surface area contributed by atoms with Crippen molar-refractivity contribution in [1.29, 1.82) is 0 Å². The van der Waals surface area contributed by atoms with Crippen LogP contribution in [0.25, 0.3) is 0 Å². The van der Waals surface area contributed by atoms with E-state index >= 15 is 0 Å². The Balaban J connectivity index is 0.971. The van der Waals surface area contributed by atoms with Gasteiger partial charge in [-0.2, -0.15) is 0 Å². The van der Waals surface area contributed by atoms with Crippen LogP contribution in [-0.2, 0) is 18.9 Å². The lowest BCUT2D eigenvalue weighted by molar-refractivity contribution is -0.253. The normalized spacial score (nSPS) is 52.6. The summed E-state index contributed by atoms with van der Waals surface area (Å²) >= 11 is 0. The minimum Gasteiger partial charge on any atom is -0.388 e. The molecule has 8 fully saturated rings. The van der Waals surface area contributed by atoms with Crippen LogP contribution in [0.2, 0.25) is 0 Å². The Morgan fingerprint density at radius 2 is 1.71 bits per heavy atom. The van der Waals surface area contributed by atoms with Gasteiger partial charge in [0.25, 0.3) is 0 Å². The Morgan fingerprint density at radius 3 is 2.45 bits per heavy atom. The molecule has 12 atom stereocenters. The summed E-state index contributed by atoms with van der Waals surface area (Å²) in [6, 6.07) is 0.545. The quantitative estimate of drug-likeness (QED) is 0.480. The fourth-order valence-electron chi connectivity index (χ4n) is 12.8. The standard InChI is InChI=1S/C35H57NO6/c1-31(2)27-9-7-22-24-16-26-23(6-8-25(41-26)30(37)32(3,4)38)33(24,5)12-13-34(22)20-35(27,34)11-10-28(31)42-29-17-36(14-15-40-29)21-18-39-19-21/h21-30,37-38H,6-20H2,1-5H3/t22?,23?,24?,25?,26?,27?,28-,29?,30-,33?,34?,35?/m0/s1. The van der Waals surface area contributed by atoms with Gasteiger partial charge in [0.05, 0.1) is 56.3 Å². The molecular formula is C35H57NO6. The third-order valence-electron chi connectivity index (χ3n) is 15.2. The summed E-state index contributed by atoms with van der Waals surface area (Å²) < 4.78 is 25.2. The van der Waals surface area contributed by atoms with Crippen molar-refractivity contribution in [3.63, 3.8) is 0 Å². The van der Waals surface area contributed by atoms with Crippen LogP contribution in [0, 0.1) is 45.3 Å². The maximum atomic E-state index is 10.8. The molecule has 0 aromatic carbocycles. The van der Waals surface area contributed by atoms with Crippen LogP contribution in [0.3, 0.4) is 0 Å². The number of nitrogens with zero attached hydrogens (tertiary/aromatic N) is 1. The SMILES string of the molecule is CC12CCC34CC35CC[C@H](OC3CN(C6COC6)CCO3)C(C)(C)C5CCC4C1CC1OC([C@H](O)C(C)(C)O)CCC12. The third-order valence-corrected chi connectivity index (χ3v) is 15.2. The molecule has 7 nitrogen and oxygen atoms in total. The largest absolute Gasteiger partial charge is 0.388 e. The molecule has 0 aromatic rings. The molecule has 3 saturated heterocycles. The lowest BCUT2D eigenvalue weighted by Gasteiger charge is -2.60. The lowest BCUT2D eigenvalue weighted by Crippen LogP contribution is -2.58. The molecule has 0 amide bonds. The van der Waals surface area contributed by atoms with Gasteiger partial charge in [-0.25, -0.2) is 0 Å². The van der Waals surface area contributed by atoms with Gasteiger partial charge in [-0.05, 0) is 123 Å². The zero-order chi connectivity index (χ0) is 29.3. The van der Waals surface area contributed by atoms with Gasteiger partial charge in [0.1, 0.15) is 6.10 Å². The summed E-state index contributed by atoms with van der Waals surface area (Å²) in [5.41, 5.74) is 0.403. The Kier molecular flexibility index (Phi) is 6.68. The fourth-order valence-corrected chi connectivity index (χ4v) is 12.8. The van der Waals surface area contributed by atoms with Gasteiger partial charge in [-0.1, -0.05) is 20.8 Å². The van der Waals surface area contributed by atoms with E-state index in [0.717, 1.165) is 76.3 Å². The van der Waals surface area contributed by atoms with Gasteiger partial charge in [-0.15, -0.1) is 0 Å². The second kappa shape index (κ2) is 9.62. The van der Waals surface area contributed by atoms with E-state index in [1.807, 2.05) is 0 Å². The highest BCUT2D eigenvalue weighted by Crippen LogP contribution is 2.87. The average Bonchev–Trinajstić information content (AvgIpc) is 3.48. The molecule has 0 bridgehead atoms. The number of fused-ring (bicyclic) bond motifs is 4. The highest BCUT2D eigenvalue weighted by molar-refractivity contribution is 5.29. The first-order valence-corrected chi connectivity index (χ1v) is 17.5. The van der Waals surface area contributed by atoms with Crippen molar-refractivity contribution in [3.8, 4) is 0 Å². The molecule has 7 heteroatoms. The van der Waals surface area contributed by atoms with Crippen molar-refractivity contribution in [2.24, 2.45) is 45.3 Å². The predicted octanol–water partition coefficient (Wildman–Crippen LogP) is 4.77. The van der Waals surface area contributed by atoms with Gasteiger partial charge >= 0.3 is 0 Å². The van der Waals surface area contributed by atoms with Gasteiger partial charge in [0, 0.05) is 6.54 Å². The zero-order valence-electron chi connectivity index (χ0n) is 26.9. The van der Waals surface area contributed by atoms with Crippen LogP contribution in [0.15, 0.2) is 0 Å².